The van der Waals surface area contributed by atoms with Crippen LogP contribution < -0.4 is 10.6 Å². The van der Waals surface area contributed by atoms with Gasteiger partial charge >= 0.3 is 12.0 Å². The van der Waals surface area contributed by atoms with Crippen LogP contribution in [0.1, 0.15) is 17.3 Å². The normalized spacial score (nSPS) is 10.0. The Bertz CT molecular complexity index is 718. The van der Waals surface area contributed by atoms with E-state index in [1.165, 1.54) is 24.3 Å². The maximum absolute atomic E-state index is 13.4. The Kier molecular flexibility index (Phi) is 5.24. The number of nitrogens with one attached hydrogen (secondary N) is 2. The minimum atomic E-state index is -0.751. The molecular weight excluding hydrogens is 306 g/mol. The fourth-order valence-electron chi connectivity index (χ4n) is 1.78. The van der Waals surface area contributed by atoms with Crippen LogP contribution in [0.25, 0.3) is 0 Å². The van der Waals surface area contributed by atoms with Crippen LogP contribution in [0.2, 0.25) is 0 Å². The average Bonchev–Trinajstić information content (AvgIpc) is 2.52. The van der Waals surface area contributed by atoms with E-state index in [0.29, 0.717) is 11.3 Å². The summed E-state index contributed by atoms with van der Waals surface area (Å²) in [5.74, 6) is -1.88. The summed E-state index contributed by atoms with van der Waals surface area (Å²) >= 11 is 0. The van der Waals surface area contributed by atoms with Gasteiger partial charge in [0.25, 0.3) is 0 Å². The lowest BCUT2D eigenvalue weighted by molar-refractivity contribution is 0.0526. The minimum Gasteiger partial charge on any atom is -0.462 e. The fraction of sp³-hybridized carbons (Fsp3) is 0.125. The van der Waals surface area contributed by atoms with Gasteiger partial charge in [-0.2, -0.15) is 0 Å². The van der Waals surface area contributed by atoms with E-state index >= 15 is 0 Å². The zero-order chi connectivity index (χ0) is 16.8. The van der Waals surface area contributed by atoms with Gasteiger partial charge in [0, 0.05) is 11.8 Å². The summed E-state index contributed by atoms with van der Waals surface area (Å²) in [6.45, 7) is 1.96. The summed E-state index contributed by atoms with van der Waals surface area (Å²) in [6, 6.07) is 7.96. The predicted octanol–water partition coefficient (Wildman–Crippen LogP) is 3.79. The molecule has 0 heterocycles. The third-order valence-corrected chi connectivity index (χ3v) is 2.83. The van der Waals surface area contributed by atoms with Gasteiger partial charge in [0.05, 0.1) is 17.9 Å². The van der Waals surface area contributed by atoms with E-state index < -0.39 is 23.6 Å². The van der Waals surface area contributed by atoms with Gasteiger partial charge in [0.2, 0.25) is 0 Å². The van der Waals surface area contributed by atoms with Crippen LogP contribution in [0.3, 0.4) is 0 Å². The quantitative estimate of drug-likeness (QED) is 0.842. The second kappa shape index (κ2) is 7.35. The molecule has 2 amide bonds. The van der Waals surface area contributed by atoms with Crippen molar-refractivity contribution in [3.63, 3.8) is 0 Å². The van der Waals surface area contributed by atoms with Gasteiger partial charge < -0.3 is 15.4 Å². The number of amides is 2. The van der Waals surface area contributed by atoms with Crippen LogP contribution >= 0.6 is 0 Å². The van der Waals surface area contributed by atoms with Crippen molar-refractivity contribution in [2.75, 3.05) is 17.2 Å². The molecule has 5 nitrogen and oxygen atoms in total. The molecule has 0 aliphatic rings. The van der Waals surface area contributed by atoms with Crippen LogP contribution in [-0.2, 0) is 4.74 Å². The van der Waals surface area contributed by atoms with E-state index in [0.717, 1.165) is 18.2 Å². The van der Waals surface area contributed by atoms with Crippen molar-refractivity contribution >= 4 is 23.4 Å². The van der Waals surface area contributed by atoms with Gasteiger partial charge in [0.1, 0.15) is 11.6 Å². The number of anilines is 2. The second-order valence-electron chi connectivity index (χ2n) is 4.50. The number of carbonyl (C=O) groups excluding carboxylic acids is 2. The summed E-state index contributed by atoms with van der Waals surface area (Å²) in [7, 11) is 0. The van der Waals surface area contributed by atoms with Crippen molar-refractivity contribution in [3.05, 3.63) is 59.7 Å². The predicted molar refractivity (Wildman–Crippen MR) is 81.4 cm³/mol. The molecule has 23 heavy (non-hydrogen) atoms. The van der Waals surface area contributed by atoms with E-state index in [2.05, 4.69) is 10.6 Å². The minimum absolute atomic E-state index is 0.264. The molecule has 0 bridgehead atoms. The number of halogens is 2. The number of hydrogen-bond acceptors (Lipinski definition) is 3. The number of hydrogen-bond donors (Lipinski definition) is 2. The van der Waals surface area contributed by atoms with Crippen LogP contribution in [0, 0.1) is 11.6 Å². The number of esters is 1. The Labute approximate surface area is 131 Å². The molecule has 0 unspecified atom stereocenters. The van der Waals surface area contributed by atoms with Crippen LogP contribution in [0.4, 0.5) is 25.0 Å². The number of ether oxygens (including phenoxy) is 1. The first-order valence-electron chi connectivity index (χ1n) is 6.80. The zero-order valence-electron chi connectivity index (χ0n) is 12.2. The highest BCUT2D eigenvalue weighted by molar-refractivity contribution is 6.00. The van der Waals surface area contributed by atoms with Gasteiger partial charge in [-0.3, -0.25) is 0 Å². The molecule has 0 atom stereocenters. The van der Waals surface area contributed by atoms with Gasteiger partial charge in [-0.25, -0.2) is 18.4 Å². The molecule has 2 aromatic rings. The lowest BCUT2D eigenvalue weighted by Gasteiger charge is -2.09. The Morgan fingerprint density at radius 2 is 1.74 bits per heavy atom. The Morgan fingerprint density at radius 3 is 2.39 bits per heavy atom. The Balaban J connectivity index is 2.00. The SMILES string of the molecule is CCOC(=O)c1ccc(NC(=O)Nc2cc(F)ccc2F)cc1. The van der Waals surface area contributed by atoms with Crippen molar-refractivity contribution in [1.82, 2.24) is 0 Å². The molecule has 2 rings (SSSR count). The molecule has 2 aromatic carbocycles. The molecule has 2 N–H and O–H groups in total. The molecule has 0 fully saturated rings. The van der Waals surface area contributed by atoms with E-state index in [-0.39, 0.29) is 12.3 Å². The second-order valence-corrected chi connectivity index (χ2v) is 4.50. The van der Waals surface area contributed by atoms with E-state index in [1.807, 2.05) is 0 Å². The first kappa shape index (κ1) is 16.4. The molecule has 0 aliphatic heterocycles. The largest absolute Gasteiger partial charge is 0.462 e. The summed E-state index contributed by atoms with van der Waals surface area (Å²) in [5, 5.41) is 4.64. The molecular formula is C16H14F2N2O3. The summed E-state index contributed by atoms with van der Waals surface area (Å²) in [4.78, 5) is 23.3. The van der Waals surface area contributed by atoms with Crippen LogP contribution in [0.15, 0.2) is 42.5 Å². The van der Waals surface area contributed by atoms with Gasteiger partial charge in [-0.1, -0.05) is 0 Å². The lowest BCUT2D eigenvalue weighted by Crippen LogP contribution is -2.20. The third-order valence-electron chi connectivity index (χ3n) is 2.83. The number of rotatable bonds is 4. The smallest absolute Gasteiger partial charge is 0.338 e. The fourth-order valence-corrected chi connectivity index (χ4v) is 1.78. The van der Waals surface area contributed by atoms with E-state index in [1.54, 1.807) is 6.92 Å². The first-order chi connectivity index (χ1) is 11.0. The highest BCUT2D eigenvalue weighted by atomic mass is 19.1. The molecule has 0 aliphatic carbocycles. The topological polar surface area (TPSA) is 67.4 Å². The standard InChI is InChI=1S/C16H14F2N2O3/c1-2-23-15(21)10-3-6-12(7-4-10)19-16(22)20-14-9-11(17)5-8-13(14)18/h3-9H,2H2,1H3,(H2,19,20,22). The number of benzene rings is 2. The van der Waals surface area contributed by atoms with Gasteiger partial charge in [-0.15, -0.1) is 0 Å². The summed E-state index contributed by atoms with van der Waals surface area (Å²) in [5.41, 5.74) is 0.451. The van der Waals surface area contributed by atoms with Crippen molar-refractivity contribution in [3.8, 4) is 0 Å². The van der Waals surface area contributed by atoms with Crippen LogP contribution in [-0.4, -0.2) is 18.6 Å². The van der Waals surface area contributed by atoms with Crippen molar-refractivity contribution < 1.29 is 23.1 Å². The van der Waals surface area contributed by atoms with Crippen LogP contribution in [0.5, 0.6) is 0 Å². The van der Waals surface area contributed by atoms with Crippen molar-refractivity contribution in [2.24, 2.45) is 0 Å². The third kappa shape index (κ3) is 4.50. The van der Waals surface area contributed by atoms with Gasteiger partial charge in [0.15, 0.2) is 0 Å². The number of urea groups is 1. The number of carbonyl (C=O) groups is 2. The maximum Gasteiger partial charge on any atom is 0.338 e. The average molecular weight is 320 g/mol. The van der Waals surface area contributed by atoms with Crippen molar-refractivity contribution in [1.29, 1.82) is 0 Å². The molecule has 0 radical (unpaired) electrons. The summed E-state index contributed by atoms with van der Waals surface area (Å²) < 4.78 is 31.3. The molecule has 0 saturated carbocycles. The molecule has 120 valence electrons. The molecule has 0 spiro atoms. The van der Waals surface area contributed by atoms with E-state index in [9.17, 15) is 18.4 Å². The van der Waals surface area contributed by atoms with Crippen molar-refractivity contribution in [2.45, 2.75) is 6.92 Å². The Morgan fingerprint density at radius 1 is 1.04 bits per heavy atom. The highest BCUT2D eigenvalue weighted by Gasteiger charge is 2.09. The molecule has 7 heteroatoms. The van der Waals surface area contributed by atoms with Gasteiger partial charge in [-0.05, 0) is 43.3 Å². The monoisotopic (exact) mass is 320 g/mol. The molecule has 0 aromatic heterocycles. The first-order valence-corrected chi connectivity index (χ1v) is 6.80. The lowest BCUT2D eigenvalue weighted by atomic mass is 10.2. The summed E-state index contributed by atoms with van der Waals surface area (Å²) in [6.07, 6.45) is 0. The highest BCUT2D eigenvalue weighted by Crippen LogP contribution is 2.16. The zero-order valence-corrected chi connectivity index (χ0v) is 12.2. The Hall–Kier alpha value is -2.96. The molecule has 0 saturated heterocycles. The maximum atomic E-state index is 13.4. The van der Waals surface area contributed by atoms with E-state index in [4.69, 9.17) is 4.74 Å².